The summed E-state index contributed by atoms with van der Waals surface area (Å²) in [4.78, 5) is 2.31. The van der Waals surface area contributed by atoms with Crippen molar-refractivity contribution in [2.45, 2.75) is 12.5 Å². The lowest BCUT2D eigenvalue weighted by atomic mass is 10.3. The third-order valence-corrected chi connectivity index (χ3v) is 3.38. The highest BCUT2D eigenvalue weighted by molar-refractivity contribution is 5.47. The number of rotatable bonds is 3. The Bertz CT molecular complexity index is 526. The lowest BCUT2D eigenvalue weighted by Gasteiger charge is -2.19. The maximum Gasteiger partial charge on any atom is 0.123 e. The fourth-order valence-corrected chi connectivity index (χ4v) is 2.40. The van der Waals surface area contributed by atoms with Gasteiger partial charge in [0.15, 0.2) is 0 Å². The minimum absolute atomic E-state index is 0.172. The van der Waals surface area contributed by atoms with E-state index < -0.39 is 0 Å². The summed E-state index contributed by atoms with van der Waals surface area (Å²) in [5, 5.41) is 0. The molecule has 0 radical (unpaired) electrons. The molecule has 1 atom stereocenters. The van der Waals surface area contributed by atoms with E-state index in [-0.39, 0.29) is 11.9 Å². The van der Waals surface area contributed by atoms with Crippen LogP contribution >= 0.6 is 0 Å². The van der Waals surface area contributed by atoms with E-state index >= 15 is 0 Å². The molecular formula is C16H16FNO. The van der Waals surface area contributed by atoms with E-state index in [1.807, 2.05) is 18.2 Å². The summed E-state index contributed by atoms with van der Waals surface area (Å²) in [7, 11) is 0. The Morgan fingerprint density at radius 2 is 1.74 bits per heavy atom. The van der Waals surface area contributed by atoms with Crippen molar-refractivity contribution < 1.29 is 9.13 Å². The maximum absolute atomic E-state index is 12.8. The number of nitrogens with zero attached hydrogens (tertiary/aromatic N) is 1. The van der Waals surface area contributed by atoms with Crippen molar-refractivity contribution in [2.24, 2.45) is 0 Å². The van der Waals surface area contributed by atoms with Gasteiger partial charge in [-0.2, -0.15) is 0 Å². The first-order chi connectivity index (χ1) is 9.31. The quantitative estimate of drug-likeness (QED) is 0.834. The van der Waals surface area contributed by atoms with Gasteiger partial charge in [0.2, 0.25) is 0 Å². The lowest BCUT2D eigenvalue weighted by Crippen LogP contribution is -2.24. The molecule has 3 rings (SSSR count). The number of anilines is 1. The second-order valence-electron chi connectivity index (χ2n) is 4.76. The number of para-hydroxylation sites is 1. The third kappa shape index (κ3) is 2.87. The van der Waals surface area contributed by atoms with Crippen LogP contribution in [-0.4, -0.2) is 19.2 Å². The van der Waals surface area contributed by atoms with Crippen molar-refractivity contribution in [3.05, 3.63) is 60.4 Å². The number of benzene rings is 2. The normalized spacial score (nSPS) is 18.6. The van der Waals surface area contributed by atoms with E-state index in [4.69, 9.17) is 4.74 Å². The van der Waals surface area contributed by atoms with E-state index in [9.17, 15) is 4.39 Å². The van der Waals surface area contributed by atoms with Gasteiger partial charge in [0.05, 0.1) is 6.54 Å². The number of halogens is 1. The predicted octanol–water partition coefficient (Wildman–Crippen LogP) is 3.48. The molecule has 0 N–H and O–H groups in total. The van der Waals surface area contributed by atoms with Crippen molar-refractivity contribution >= 4 is 5.69 Å². The standard InChI is InChI=1S/C16H16FNO/c17-13-6-8-15(9-7-13)19-16-10-11-18(12-16)14-4-2-1-3-5-14/h1-9,16H,10-12H2. The Morgan fingerprint density at radius 3 is 2.47 bits per heavy atom. The molecular weight excluding hydrogens is 241 g/mol. The topological polar surface area (TPSA) is 12.5 Å². The zero-order valence-corrected chi connectivity index (χ0v) is 10.6. The first-order valence-corrected chi connectivity index (χ1v) is 6.53. The molecule has 2 nitrogen and oxygen atoms in total. The zero-order chi connectivity index (χ0) is 13.1. The van der Waals surface area contributed by atoms with Gasteiger partial charge in [-0.25, -0.2) is 4.39 Å². The van der Waals surface area contributed by atoms with Crippen LogP contribution in [0.4, 0.5) is 10.1 Å². The van der Waals surface area contributed by atoms with Crippen molar-refractivity contribution in [1.29, 1.82) is 0 Å². The second kappa shape index (κ2) is 5.31. The molecule has 1 unspecified atom stereocenters. The van der Waals surface area contributed by atoms with E-state index in [1.165, 1.54) is 17.8 Å². The van der Waals surface area contributed by atoms with Crippen LogP contribution in [0.5, 0.6) is 5.75 Å². The SMILES string of the molecule is Fc1ccc(OC2CCN(c3ccccc3)C2)cc1. The molecule has 1 aliphatic rings. The maximum atomic E-state index is 12.8. The molecule has 2 aromatic carbocycles. The van der Waals surface area contributed by atoms with Gasteiger partial charge < -0.3 is 9.64 Å². The molecule has 2 aromatic rings. The molecule has 1 heterocycles. The van der Waals surface area contributed by atoms with Crippen molar-refractivity contribution in [2.75, 3.05) is 18.0 Å². The average Bonchev–Trinajstić information content (AvgIpc) is 2.91. The fraction of sp³-hybridized carbons (Fsp3) is 0.250. The smallest absolute Gasteiger partial charge is 0.123 e. The highest BCUT2D eigenvalue weighted by Gasteiger charge is 2.23. The third-order valence-electron chi connectivity index (χ3n) is 3.38. The van der Waals surface area contributed by atoms with Gasteiger partial charge in [-0.05, 0) is 36.4 Å². The van der Waals surface area contributed by atoms with Gasteiger partial charge in [-0.15, -0.1) is 0 Å². The van der Waals surface area contributed by atoms with Crippen molar-refractivity contribution in [3.63, 3.8) is 0 Å². The molecule has 3 heteroatoms. The van der Waals surface area contributed by atoms with Crippen LogP contribution in [0.15, 0.2) is 54.6 Å². The predicted molar refractivity (Wildman–Crippen MR) is 74.1 cm³/mol. The zero-order valence-electron chi connectivity index (χ0n) is 10.6. The van der Waals surface area contributed by atoms with Gasteiger partial charge >= 0.3 is 0 Å². The summed E-state index contributed by atoms with van der Waals surface area (Å²) in [6.07, 6.45) is 1.16. The van der Waals surface area contributed by atoms with E-state index in [0.29, 0.717) is 0 Å². The van der Waals surface area contributed by atoms with Crippen LogP contribution < -0.4 is 9.64 Å². The van der Waals surface area contributed by atoms with Crippen molar-refractivity contribution in [3.8, 4) is 5.75 Å². The summed E-state index contributed by atoms with van der Waals surface area (Å²) in [6.45, 7) is 1.87. The summed E-state index contributed by atoms with van der Waals surface area (Å²) in [5.74, 6) is 0.506. The van der Waals surface area contributed by atoms with Gasteiger partial charge in [0.1, 0.15) is 17.7 Å². The van der Waals surface area contributed by atoms with Crippen LogP contribution in [0.2, 0.25) is 0 Å². The summed E-state index contributed by atoms with van der Waals surface area (Å²) in [6, 6.07) is 16.6. The highest BCUT2D eigenvalue weighted by atomic mass is 19.1. The van der Waals surface area contributed by atoms with E-state index in [2.05, 4.69) is 17.0 Å². The van der Waals surface area contributed by atoms with Crippen molar-refractivity contribution in [1.82, 2.24) is 0 Å². The summed E-state index contributed by atoms with van der Waals surface area (Å²) < 4.78 is 18.7. The molecule has 0 aromatic heterocycles. The largest absolute Gasteiger partial charge is 0.489 e. The molecule has 98 valence electrons. The van der Waals surface area contributed by atoms with Crippen LogP contribution in [0, 0.1) is 5.82 Å². The van der Waals surface area contributed by atoms with Gasteiger partial charge in [-0.3, -0.25) is 0 Å². The van der Waals surface area contributed by atoms with Gasteiger partial charge in [0.25, 0.3) is 0 Å². The molecule has 1 saturated heterocycles. The van der Waals surface area contributed by atoms with Crippen LogP contribution in [0.3, 0.4) is 0 Å². The fourth-order valence-electron chi connectivity index (χ4n) is 2.40. The molecule has 0 bridgehead atoms. The van der Waals surface area contributed by atoms with Gasteiger partial charge in [0, 0.05) is 18.7 Å². The Hall–Kier alpha value is -2.03. The molecule has 0 amide bonds. The molecule has 1 aliphatic heterocycles. The van der Waals surface area contributed by atoms with E-state index in [0.717, 1.165) is 25.3 Å². The number of hydrogen-bond acceptors (Lipinski definition) is 2. The summed E-state index contributed by atoms with van der Waals surface area (Å²) >= 11 is 0. The molecule has 0 saturated carbocycles. The summed E-state index contributed by atoms with van der Waals surface area (Å²) in [5.41, 5.74) is 1.23. The first-order valence-electron chi connectivity index (χ1n) is 6.53. The lowest BCUT2D eigenvalue weighted by molar-refractivity contribution is 0.224. The van der Waals surface area contributed by atoms with E-state index in [1.54, 1.807) is 12.1 Å². The molecule has 0 spiro atoms. The van der Waals surface area contributed by atoms with Crippen LogP contribution in [0.25, 0.3) is 0 Å². The Morgan fingerprint density at radius 1 is 1.00 bits per heavy atom. The average molecular weight is 257 g/mol. The number of ether oxygens (including phenoxy) is 1. The van der Waals surface area contributed by atoms with Crippen LogP contribution in [0.1, 0.15) is 6.42 Å². The molecule has 19 heavy (non-hydrogen) atoms. The minimum Gasteiger partial charge on any atom is -0.489 e. The second-order valence-corrected chi connectivity index (χ2v) is 4.76. The monoisotopic (exact) mass is 257 g/mol. The van der Waals surface area contributed by atoms with Gasteiger partial charge in [-0.1, -0.05) is 18.2 Å². The highest BCUT2D eigenvalue weighted by Crippen LogP contribution is 2.23. The Labute approximate surface area is 112 Å². The minimum atomic E-state index is -0.232. The Balaban J connectivity index is 1.62. The van der Waals surface area contributed by atoms with Crippen LogP contribution in [-0.2, 0) is 0 Å². The Kier molecular flexibility index (Phi) is 3.36. The molecule has 1 fully saturated rings. The molecule has 0 aliphatic carbocycles. The number of hydrogen-bond donors (Lipinski definition) is 0. The first kappa shape index (κ1) is 12.0.